The topological polar surface area (TPSA) is 52.9 Å². The Morgan fingerprint density at radius 2 is 1.89 bits per heavy atom. The minimum absolute atomic E-state index is 0.151. The van der Waals surface area contributed by atoms with Crippen molar-refractivity contribution in [1.82, 2.24) is 9.63 Å². The molecule has 36 heavy (non-hydrogen) atoms. The van der Waals surface area contributed by atoms with Crippen molar-refractivity contribution >= 4 is 22.9 Å². The van der Waals surface area contributed by atoms with Crippen molar-refractivity contribution < 1.29 is 23.5 Å². The number of aromatic nitrogens is 1. The number of carbonyl (C=O) groups excluding carboxylic acids is 1. The highest BCUT2D eigenvalue weighted by molar-refractivity contribution is 6.01. The van der Waals surface area contributed by atoms with Crippen molar-refractivity contribution in [2.24, 2.45) is 0 Å². The average Bonchev–Trinajstić information content (AvgIpc) is 3.16. The Hall–Kier alpha value is -3.00. The number of hydroxylamine groups is 2. The summed E-state index contributed by atoms with van der Waals surface area (Å²) in [7, 11) is 3.05. The predicted molar refractivity (Wildman–Crippen MR) is 140 cm³/mol. The Kier molecular flexibility index (Phi) is 7.64. The highest BCUT2D eigenvalue weighted by Gasteiger charge is 2.36. The summed E-state index contributed by atoms with van der Waals surface area (Å²) in [5.41, 5.74) is 4.14. The molecule has 1 aliphatic rings. The molecule has 3 aromatic rings. The molecule has 2 atom stereocenters. The fraction of sp³-hybridized carbons (Fsp3) is 0.414. The SMILES string of the molecule is CON(C)C(=O)C[C@H]1C[C@@H](C=Cc2c(-c3ccc(F)cc3)c3ccccc3n2C(C)C)OC(C)(C)O1. The number of carbonyl (C=O) groups is 1. The normalized spacial score (nSPS) is 19.9. The van der Waals surface area contributed by atoms with Gasteiger partial charge in [0.05, 0.1) is 25.7 Å². The second kappa shape index (κ2) is 10.5. The molecule has 0 saturated carbocycles. The van der Waals surface area contributed by atoms with Gasteiger partial charge in [0.15, 0.2) is 5.79 Å². The third-order valence-electron chi connectivity index (χ3n) is 6.47. The molecule has 1 fully saturated rings. The summed E-state index contributed by atoms with van der Waals surface area (Å²) in [5.74, 6) is -1.25. The van der Waals surface area contributed by atoms with Crippen molar-refractivity contribution in [2.45, 2.75) is 64.6 Å². The van der Waals surface area contributed by atoms with Crippen LogP contribution in [0.4, 0.5) is 4.39 Å². The zero-order chi connectivity index (χ0) is 26.0. The van der Waals surface area contributed by atoms with E-state index in [-0.39, 0.29) is 36.4 Å². The summed E-state index contributed by atoms with van der Waals surface area (Å²) in [6.07, 6.45) is 4.32. The highest BCUT2D eigenvalue weighted by atomic mass is 19.1. The molecule has 2 heterocycles. The lowest BCUT2D eigenvalue weighted by molar-refractivity contribution is -0.290. The second-order valence-electron chi connectivity index (χ2n) is 9.92. The fourth-order valence-corrected chi connectivity index (χ4v) is 4.94. The molecule has 1 aromatic heterocycles. The first kappa shape index (κ1) is 26.1. The van der Waals surface area contributed by atoms with E-state index < -0.39 is 5.79 Å². The lowest BCUT2D eigenvalue weighted by atomic mass is 10.00. The number of hydrogen-bond donors (Lipinski definition) is 0. The maximum absolute atomic E-state index is 13.7. The molecule has 0 aliphatic carbocycles. The molecule has 1 aliphatic heterocycles. The Morgan fingerprint density at radius 3 is 2.56 bits per heavy atom. The van der Waals surface area contributed by atoms with Crippen LogP contribution in [0.15, 0.2) is 54.6 Å². The molecular weight excluding hydrogens is 459 g/mol. The Morgan fingerprint density at radius 1 is 1.19 bits per heavy atom. The molecule has 6 nitrogen and oxygen atoms in total. The lowest BCUT2D eigenvalue weighted by Crippen LogP contribution is -2.45. The lowest BCUT2D eigenvalue weighted by Gasteiger charge is -2.40. The molecule has 0 bridgehead atoms. The average molecular weight is 495 g/mol. The molecule has 1 saturated heterocycles. The molecule has 7 heteroatoms. The van der Waals surface area contributed by atoms with Gasteiger partial charge < -0.3 is 14.0 Å². The number of benzene rings is 2. The minimum atomic E-state index is -0.839. The van der Waals surface area contributed by atoms with Gasteiger partial charge in [-0.3, -0.25) is 9.63 Å². The molecular formula is C29H35FN2O4. The van der Waals surface area contributed by atoms with E-state index in [2.05, 4.69) is 36.6 Å². The number of para-hydroxylation sites is 1. The van der Waals surface area contributed by atoms with E-state index in [9.17, 15) is 9.18 Å². The number of amides is 1. The molecule has 0 spiro atoms. The zero-order valence-corrected chi connectivity index (χ0v) is 21.8. The van der Waals surface area contributed by atoms with Crippen molar-refractivity contribution in [3.05, 3.63) is 66.1 Å². The summed E-state index contributed by atoms with van der Waals surface area (Å²) < 4.78 is 28.3. The van der Waals surface area contributed by atoms with Gasteiger partial charge in [-0.2, -0.15) is 0 Å². The van der Waals surface area contributed by atoms with Gasteiger partial charge in [0.2, 0.25) is 5.91 Å². The van der Waals surface area contributed by atoms with Crippen LogP contribution in [0.3, 0.4) is 0 Å². The summed E-state index contributed by atoms with van der Waals surface area (Å²) in [6, 6.07) is 15.1. The van der Waals surface area contributed by atoms with Crippen molar-refractivity contribution in [1.29, 1.82) is 0 Å². The van der Waals surface area contributed by atoms with Crippen LogP contribution < -0.4 is 0 Å². The molecule has 2 aromatic carbocycles. The van der Waals surface area contributed by atoms with E-state index in [4.69, 9.17) is 14.3 Å². The predicted octanol–water partition coefficient (Wildman–Crippen LogP) is 6.36. The van der Waals surface area contributed by atoms with E-state index >= 15 is 0 Å². The fourth-order valence-electron chi connectivity index (χ4n) is 4.94. The number of halogens is 1. The van der Waals surface area contributed by atoms with Crippen LogP contribution in [0.1, 0.15) is 52.3 Å². The second-order valence-corrected chi connectivity index (χ2v) is 9.92. The number of ether oxygens (including phenoxy) is 2. The summed E-state index contributed by atoms with van der Waals surface area (Å²) >= 11 is 0. The number of fused-ring (bicyclic) bond motifs is 1. The standard InChI is InChI=1S/C29H35FN2O4/c1-19(2)32-25-10-8-7-9-24(25)28(20-11-13-21(30)14-12-20)26(32)16-15-22-17-23(36-29(3,4)35-22)18-27(33)31(5)34-6/h7-16,19,22-23H,17-18H2,1-6H3/t22-,23-/m1/s1. The van der Waals surface area contributed by atoms with Crippen molar-refractivity contribution in [3.63, 3.8) is 0 Å². The van der Waals surface area contributed by atoms with Gasteiger partial charge in [-0.25, -0.2) is 9.45 Å². The summed E-state index contributed by atoms with van der Waals surface area (Å²) in [5, 5.41) is 2.32. The molecule has 0 N–H and O–H groups in total. The van der Waals surface area contributed by atoms with E-state index in [1.54, 1.807) is 7.05 Å². The van der Waals surface area contributed by atoms with E-state index in [1.165, 1.54) is 24.3 Å². The Labute approximate surface area is 212 Å². The summed E-state index contributed by atoms with van der Waals surface area (Å²) in [6.45, 7) is 8.03. The minimum Gasteiger partial charge on any atom is -0.347 e. The van der Waals surface area contributed by atoms with Crippen LogP contribution in [0.2, 0.25) is 0 Å². The van der Waals surface area contributed by atoms with Gasteiger partial charge in [0.1, 0.15) is 5.82 Å². The Bertz CT molecular complexity index is 1250. The van der Waals surface area contributed by atoms with E-state index in [0.29, 0.717) is 6.42 Å². The molecule has 0 radical (unpaired) electrons. The third kappa shape index (κ3) is 5.53. The Balaban J connectivity index is 1.73. The maximum atomic E-state index is 13.7. The smallest absolute Gasteiger partial charge is 0.248 e. The number of rotatable bonds is 7. The highest BCUT2D eigenvalue weighted by Crippen LogP contribution is 2.38. The van der Waals surface area contributed by atoms with E-state index in [0.717, 1.165) is 27.7 Å². The van der Waals surface area contributed by atoms with Crippen LogP contribution in [0.25, 0.3) is 28.1 Å². The van der Waals surface area contributed by atoms with Crippen LogP contribution in [0, 0.1) is 5.82 Å². The zero-order valence-electron chi connectivity index (χ0n) is 21.8. The van der Waals surface area contributed by atoms with E-state index in [1.807, 2.05) is 44.2 Å². The quantitative estimate of drug-likeness (QED) is 0.359. The van der Waals surface area contributed by atoms with Crippen LogP contribution in [0.5, 0.6) is 0 Å². The van der Waals surface area contributed by atoms with Gasteiger partial charge in [-0.05, 0) is 57.5 Å². The van der Waals surface area contributed by atoms with Gasteiger partial charge >= 0.3 is 0 Å². The first-order valence-corrected chi connectivity index (χ1v) is 12.3. The largest absolute Gasteiger partial charge is 0.347 e. The maximum Gasteiger partial charge on any atom is 0.248 e. The molecule has 0 unspecified atom stereocenters. The molecule has 192 valence electrons. The van der Waals surface area contributed by atoms with Gasteiger partial charge in [-0.15, -0.1) is 0 Å². The van der Waals surface area contributed by atoms with Crippen LogP contribution >= 0.6 is 0 Å². The first-order valence-electron chi connectivity index (χ1n) is 12.3. The summed E-state index contributed by atoms with van der Waals surface area (Å²) in [4.78, 5) is 17.4. The van der Waals surface area contributed by atoms with Crippen LogP contribution in [-0.2, 0) is 19.1 Å². The van der Waals surface area contributed by atoms with Gasteiger partial charge in [-0.1, -0.05) is 36.4 Å². The van der Waals surface area contributed by atoms with Gasteiger partial charge in [0.25, 0.3) is 0 Å². The monoisotopic (exact) mass is 494 g/mol. The number of nitrogens with zero attached hydrogens (tertiary/aromatic N) is 2. The third-order valence-corrected chi connectivity index (χ3v) is 6.47. The van der Waals surface area contributed by atoms with Crippen molar-refractivity contribution in [2.75, 3.05) is 14.2 Å². The first-order chi connectivity index (χ1) is 17.1. The van der Waals surface area contributed by atoms with Gasteiger partial charge in [0, 0.05) is 41.7 Å². The number of hydrogen-bond acceptors (Lipinski definition) is 4. The van der Waals surface area contributed by atoms with Crippen molar-refractivity contribution in [3.8, 4) is 11.1 Å². The molecule has 1 amide bonds. The van der Waals surface area contributed by atoms with Crippen LogP contribution in [-0.4, -0.2) is 47.7 Å². The molecule has 4 rings (SSSR count).